The van der Waals surface area contributed by atoms with Gasteiger partial charge in [0.15, 0.2) is 0 Å². The maximum atomic E-state index is 4.38. The van der Waals surface area contributed by atoms with Gasteiger partial charge in [0.1, 0.15) is 5.82 Å². The van der Waals surface area contributed by atoms with E-state index in [1.807, 2.05) is 6.20 Å². The van der Waals surface area contributed by atoms with Gasteiger partial charge >= 0.3 is 0 Å². The summed E-state index contributed by atoms with van der Waals surface area (Å²) in [7, 11) is 0. The second-order valence-electron chi connectivity index (χ2n) is 5.11. The fourth-order valence-electron chi connectivity index (χ4n) is 2.31. The second-order valence-corrected chi connectivity index (χ2v) is 5.11. The van der Waals surface area contributed by atoms with Crippen LogP contribution in [-0.2, 0) is 0 Å². The van der Waals surface area contributed by atoms with E-state index in [0.29, 0.717) is 5.92 Å². The molecule has 0 aromatic carbocycles. The molecule has 0 saturated carbocycles. The Balaban J connectivity index is 2.10. The number of hydrogen-bond acceptors (Lipinski definition) is 3. The van der Waals surface area contributed by atoms with E-state index in [9.17, 15) is 0 Å². The molecule has 3 nitrogen and oxygen atoms in total. The van der Waals surface area contributed by atoms with Crippen LogP contribution in [-0.4, -0.2) is 18.1 Å². The van der Waals surface area contributed by atoms with E-state index in [4.69, 9.17) is 0 Å². The first-order valence-corrected chi connectivity index (χ1v) is 6.10. The Morgan fingerprint density at radius 2 is 2.12 bits per heavy atom. The van der Waals surface area contributed by atoms with Crippen LogP contribution in [0.3, 0.4) is 0 Å². The molecule has 0 spiro atoms. The lowest BCUT2D eigenvalue weighted by atomic mass is 9.97. The molecule has 2 rings (SSSR count). The largest absolute Gasteiger partial charge is 0.382 e. The number of aromatic nitrogens is 1. The number of pyridine rings is 1. The first-order valence-electron chi connectivity index (χ1n) is 6.10. The van der Waals surface area contributed by atoms with Crippen LogP contribution in [0.1, 0.15) is 25.8 Å². The highest BCUT2D eigenvalue weighted by Crippen LogP contribution is 2.27. The summed E-state index contributed by atoms with van der Waals surface area (Å²) < 4.78 is 0. The highest BCUT2D eigenvalue weighted by Gasteiger charge is 2.17. The van der Waals surface area contributed by atoms with Gasteiger partial charge in [-0.15, -0.1) is 0 Å². The van der Waals surface area contributed by atoms with Gasteiger partial charge in [-0.3, -0.25) is 0 Å². The van der Waals surface area contributed by atoms with Crippen molar-refractivity contribution in [1.29, 1.82) is 0 Å². The van der Waals surface area contributed by atoms with Crippen LogP contribution in [0.5, 0.6) is 0 Å². The summed E-state index contributed by atoms with van der Waals surface area (Å²) in [6, 6.07) is 2.05. The summed E-state index contributed by atoms with van der Waals surface area (Å²) in [5, 5.41) is 6.97. The Morgan fingerprint density at radius 1 is 1.38 bits per heavy atom. The Labute approximate surface area is 97.7 Å². The Kier molecular flexibility index (Phi) is 3.32. The van der Waals surface area contributed by atoms with Crippen LogP contribution in [0.4, 0.5) is 11.5 Å². The molecule has 1 atom stereocenters. The first kappa shape index (κ1) is 11.2. The third kappa shape index (κ3) is 2.46. The number of nitrogens with zero attached hydrogens (tertiary/aromatic N) is 1. The van der Waals surface area contributed by atoms with E-state index in [2.05, 4.69) is 42.5 Å². The maximum absolute atomic E-state index is 4.38. The van der Waals surface area contributed by atoms with Gasteiger partial charge in [-0.25, -0.2) is 4.98 Å². The molecule has 1 aliphatic rings. The van der Waals surface area contributed by atoms with Gasteiger partial charge < -0.3 is 10.6 Å². The molecule has 1 aliphatic heterocycles. The minimum atomic E-state index is 0.689. The molecule has 2 heterocycles. The zero-order valence-corrected chi connectivity index (χ0v) is 10.4. The predicted octanol–water partition coefficient (Wildman–Crippen LogP) is 2.89. The summed E-state index contributed by atoms with van der Waals surface area (Å²) in [6.07, 6.45) is 3.12. The second kappa shape index (κ2) is 4.73. The lowest BCUT2D eigenvalue weighted by Gasteiger charge is -2.16. The molecule has 0 saturated heterocycles. The summed E-state index contributed by atoms with van der Waals surface area (Å²) in [4.78, 5) is 4.38. The molecule has 2 N–H and O–H groups in total. The molecule has 1 unspecified atom stereocenters. The highest BCUT2D eigenvalue weighted by molar-refractivity contribution is 5.68. The minimum Gasteiger partial charge on any atom is -0.382 e. The standard InChI is InChI=1S/C13H21N3/c1-9(2)6-11-7-15-12-10(3)4-5-14-13(12)16-8-11/h4-5,9,11,15H,6-8H2,1-3H3,(H,14,16). The van der Waals surface area contributed by atoms with Gasteiger partial charge in [0.2, 0.25) is 0 Å². The normalized spacial score (nSPS) is 19.6. The Morgan fingerprint density at radius 3 is 2.88 bits per heavy atom. The van der Waals surface area contributed by atoms with Crippen molar-refractivity contribution in [2.75, 3.05) is 23.7 Å². The Bertz CT molecular complexity index is 360. The van der Waals surface area contributed by atoms with Gasteiger partial charge in [-0.05, 0) is 36.8 Å². The predicted molar refractivity (Wildman–Crippen MR) is 68.9 cm³/mol. The number of rotatable bonds is 2. The summed E-state index contributed by atoms with van der Waals surface area (Å²) in [5.74, 6) is 2.45. The lowest BCUT2D eigenvalue weighted by Crippen LogP contribution is -2.20. The van der Waals surface area contributed by atoms with Crippen LogP contribution in [0.2, 0.25) is 0 Å². The van der Waals surface area contributed by atoms with Crippen LogP contribution >= 0.6 is 0 Å². The van der Waals surface area contributed by atoms with Crippen LogP contribution < -0.4 is 10.6 Å². The summed E-state index contributed by atoms with van der Waals surface area (Å²) in [5.41, 5.74) is 2.44. The van der Waals surface area contributed by atoms with Crippen molar-refractivity contribution in [1.82, 2.24) is 4.98 Å². The van der Waals surface area contributed by atoms with Gasteiger partial charge in [0.25, 0.3) is 0 Å². The van der Waals surface area contributed by atoms with Crippen LogP contribution in [0.15, 0.2) is 12.3 Å². The number of fused-ring (bicyclic) bond motifs is 1. The minimum absolute atomic E-state index is 0.689. The molecule has 0 bridgehead atoms. The van der Waals surface area contributed by atoms with Crippen molar-refractivity contribution in [2.24, 2.45) is 11.8 Å². The molecule has 16 heavy (non-hydrogen) atoms. The SMILES string of the molecule is Cc1ccnc2c1NCC(CC(C)C)CN2. The molecule has 88 valence electrons. The quantitative estimate of drug-likeness (QED) is 0.803. The van der Waals surface area contributed by atoms with Crippen molar-refractivity contribution in [3.63, 3.8) is 0 Å². The number of hydrogen-bond donors (Lipinski definition) is 2. The van der Waals surface area contributed by atoms with Crippen molar-refractivity contribution < 1.29 is 0 Å². The first-order chi connectivity index (χ1) is 7.66. The van der Waals surface area contributed by atoms with Crippen molar-refractivity contribution in [3.8, 4) is 0 Å². The van der Waals surface area contributed by atoms with E-state index >= 15 is 0 Å². The molecule has 1 aromatic heterocycles. The van der Waals surface area contributed by atoms with Gasteiger partial charge in [-0.1, -0.05) is 13.8 Å². The summed E-state index contributed by atoms with van der Waals surface area (Å²) >= 11 is 0. The summed E-state index contributed by atoms with van der Waals surface area (Å²) in [6.45, 7) is 8.75. The van der Waals surface area contributed by atoms with Crippen molar-refractivity contribution in [3.05, 3.63) is 17.8 Å². The van der Waals surface area contributed by atoms with E-state index < -0.39 is 0 Å². The third-order valence-electron chi connectivity index (χ3n) is 3.09. The topological polar surface area (TPSA) is 37.0 Å². The molecule has 1 aromatic rings. The van der Waals surface area contributed by atoms with Crippen molar-refractivity contribution in [2.45, 2.75) is 27.2 Å². The third-order valence-corrected chi connectivity index (χ3v) is 3.09. The highest BCUT2D eigenvalue weighted by atomic mass is 15.1. The smallest absolute Gasteiger partial charge is 0.149 e. The fraction of sp³-hybridized carbons (Fsp3) is 0.615. The van der Waals surface area contributed by atoms with Crippen LogP contribution in [0, 0.1) is 18.8 Å². The Hall–Kier alpha value is -1.25. The van der Waals surface area contributed by atoms with Gasteiger partial charge in [0.05, 0.1) is 5.69 Å². The molecule has 0 fully saturated rings. The zero-order valence-electron chi connectivity index (χ0n) is 10.4. The van der Waals surface area contributed by atoms with Crippen LogP contribution in [0.25, 0.3) is 0 Å². The number of anilines is 2. The van der Waals surface area contributed by atoms with E-state index in [-0.39, 0.29) is 0 Å². The molecular formula is C13H21N3. The fourth-order valence-corrected chi connectivity index (χ4v) is 2.31. The maximum Gasteiger partial charge on any atom is 0.149 e. The molecule has 0 aliphatic carbocycles. The number of nitrogens with one attached hydrogen (secondary N) is 2. The monoisotopic (exact) mass is 219 g/mol. The lowest BCUT2D eigenvalue weighted by molar-refractivity contribution is 0.444. The average Bonchev–Trinajstić information content (AvgIpc) is 2.42. The van der Waals surface area contributed by atoms with Gasteiger partial charge in [0, 0.05) is 19.3 Å². The van der Waals surface area contributed by atoms with E-state index in [1.165, 1.54) is 17.7 Å². The zero-order chi connectivity index (χ0) is 11.5. The molecular weight excluding hydrogens is 198 g/mol. The molecule has 3 heteroatoms. The number of aryl methyl sites for hydroxylation is 1. The van der Waals surface area contributed by atoms with Gasteiger partial charge in [-0.2, -0.15) is 0 Å². The van der Waals surface area contributed by atoms with E-state index in [1.54, 1.807) is 0 Å². The average molecular weight is 219 g/mol. The van der Waals surface area contributed by atoms with E-state index in [0.717, 1.165) is 24.8 Å². The molecule has 0 radical (unpaired) electrons. The molecule has 0 amide bonds. The van der Waals surface area contributed by atoms with Crippen molar-refractivity contribution >= 4 is 11.5 Å².